The van der Waals surface area contributed by atoms with Crippen molar-refractivity contribution in [2.45, 2.75) is 6.92 Å². The Morgan fingerprint density at radius 3 is 2.61 bits per heavy atom. The third-order valence-electron chi connectivity index (χ3n) is 2.97. The van der Waals surface area contributed by atoms with Crippen LogP contribution in [0.5, 0.6) is 0 Å². The zero-order valence-corrected chi connectivity index (χ0v) is 13.8. The molecule has 0 aliphatic heterocycles. The predicted molar refractivity (Wildman–Crippen MR) is 89.4 cm³/mol. The quantitative estimate of drug-likeness (QED) is 0.736. The minimum absolute atomic E-state index is 0.377. The molecule has 0 aliphatic rings. The molecule has 0 saturated carbocycles. The number of aryl methyl sites for hydroxylation is 1. The van der Waals surface area contributed by atoms with Crippen LogP contribution in [0, 0.1) is 6.92 Å². The smallest absolute Gasteiger partial charge is 0.257 e. The lowest BCUT2D eigenvalue weighted by atomic mass is 10.2. The van der Waals surface area contributed by atoms with Gasteiger partial charge in [0.25, 0.3) is 5.89 Å². The molecule has 2 aromatic heterocycles. The van der Waals surface area contributed by atoms with Gasteiger partial charge in [-0.25, -0.2) is 4.98 Å². The van der Waals surface area contributed by atoms with Crippen LogP contribution in [0.3, 0.4) is 0 Å². The van der Waals surface area contributed by atoms with E-state index in [-0.39, 0.29) is 0 Å². The van der Waals surface area contributed by atoms with Gasteiger partial charge >= 0.3 is 0 Å². The zero-order valence-electron chi connectivity index (χ0n) is 12.3. The Morgan fingerprint density at radius 2 is 1.96 bits per heavy atom. The molecule has 0 atom stereocenters. The third kappa shape index (κ3) is 3.35. The van der Waals surface area contributed by atoms with Gasteiger partial charge in [-0.15, -0.1) is 0 Å². The van der Waals surface area contributed by atoms with Crippen LogP contribution in [0.1, 0.15) is 5.82 Å². The number of rotatable bonds is 4. The Kier molecular flexibility index (Phi) is 4.31. The fraction of sp³-hybridized carbons (Fsp3) is 0.143. The van der Waals surface area contributed by atoms with Crippen LogP contribution in [0.25, 0.3) is 11.5 Å². The van der Waals surface area contributed by atoms with Crippen LogP contribution in [0.15, 0.2) is 28.9 Å². The maximum atomic E-state index is 6.29. The predicted octanol–water partition coefficient (Wildman–Crippen LogP) is 3.93. The lowest BCUT2D eigenvalue weighted by Gasteiger charge is -2.09. The van der Waals surface area contributed by atoms with E-state index in [0.29, 0.717) is 39.2 Å². The summed E-state index contributed by atoms with van der Waals surface area (Å²) in [7, 11) is 1.73. The lowest BCUT2D eigenvalue weighted by Crippen LogP contribution is -2.01. The highest BCUT2D eigenvalue weighted by Gasteiger charge is 2.11. The molecular formula is C14H12Cl2N6O. The molecule has 3 aromatic rings. The van der Waals surface area contributed by atoms with E-state index < -0.39 is 0 Å². The first-order chi connectivity index (χ1) is 11.1. The van der Waals surface area contributed by atoms with Gasteiger partial charge in [0.15, 0.2) is 5.82 Å². The molecule has 118 valence electrons. The van der Waals surface area contributed by atoms with Crippen molar-refractivity contribution in [2.75, 3.05) is 17.7 Å². The Morgan fingerprint density at radius 1 is 1.13 bits per heavy atom. The number of hydrogen-bond donors (Lipinski definition) is 2. The Labute approximate surface area is 142 Å². The van der Waals surface area contributed by atoms with E-state index in [0.717, 1.165) is 5.56 Å². The van der Waals surface area contributed by atoms with Gasteiger partial charge in [-0.05, 0) is 25.1 Å². The standard InChI is InChI=1S/C14H12Cl2N6O/c1-7-19-13(23-22-7)8-3-4-11(9(15)5-8)20-14-18-6-10(16)12(17-2)21-14/h3-6H,1-2H3,(H2,17,18,20,21). The van der Waals surface area contributed by atoms with Crippen LogP contribution in [0.4, 0.5) is 17.5 Å². The first kappa shape index (κ1) is 15.5. The summed E-state index contributed by atoms with van der Waals surface area (Å²) < 4.78 is 5.12. The largest absolute Gasteiger partial charge is 0.372 e. The molecule has 7 nitrogen and oxygen atoms in total. The minimum Gasteiger partial charge on any atom is -0.372 e. The second kappa shape index (κ2) is 6.39. The summed E-state index contributed by atoms with van der Waals surface area (Å²) in [4.78, 5) is 12.5. The molecule has 2 N–H and O–H groups in total. The van der Waals surface area contributed by atoms with Gasteiger partial charge in [0.2, 0.25) is 5.95 Å². The van der Waals surface area contributed by atoms with Gasteiger partial charge in [0, 0.05) is 12.6 Å². The maximum Gasteiger partial charge on any atom is 0.257 e. The molecule has 0 spiro atoms. The molecule has 0 radical (unpaired) electrons. The van der Waals surface area contributed by atoms with Crippen LogP contribution in [-0.4, -0.2) is 27.2 Å². The van der Waals surface area contributed by atoms with Gasteiger partial charge in [-0.2, -0.15) is 9.97 Å². The fourth-order valence-electron chi connectivity index (χ4n) is 1.89. The highest BCUT2D eigenvalue weighted by atomic mass is 35.5. The number of halogens is 2. The molecule has 3 rings (SSSR count). The number of nitrogens with one attached hydrogen (secondary N) is 2. The number of nitrogens with zero attached hydrogens (tertiary/aromatic N) is 4. The molecule has 9 heteroatoms. The summed E-state index contributed by atoms with van der Waals surface area (Å²) in [6.07, 6.45) is 1.51. The molecule has 0 aliphatic carbocycles. The van der Waals surface area contributed by atoms with E-state index in [1.165, 1.54) is 6.20 Å². The summed E-state index contributed by atoms with van der Waals surface area (Å²) >= 11 is 12.2. The van der Waals surface area contributed by atoms with Crippen molar-refractivity contribution in [1.82, 2.24) is 20.1 Å². The first-order valence-electron chi connectivity index (χ1n) is 6.64. The summed E-state index contributed by atoms with van der Waals surface area (Å²) in [6, 6.07) is 5.33. The number of aromatic nitrogens is 4. The van der Waals surface area contributed by atoms with Crippen LogP contribution in [0.2, 0.25) is 10.0 Å². The average Bonchev–Trinajstić information content (AvgIpc) is 2.97. The zero-order chi connectivity index (χ0) is 16.4. The van der Waals surface area contributed by atoms with Crippen molar-refractivity contribution >= 4 is 40.7 Å². The summed E-state index contributed by atoms with van der Waals surface area (Å²) in [5.41, 5.74) is 1.38. The highest BCUT2D eigenvalue weighted by Crippen LogP contribution is 2.30. The van der Waals surface area contributed by atoms with E-state index in [1.54, 1.807) is 26.1 Å². The topological polar surface area (TPSA) is 88.8 Å². The molecular weight excluding hydrogens is 339 g/mol. The van der Waals surface area contributed by atoms with E-state index in [9.17, 15) is 0 Å². The maximum absolute atomic E-state index is 6.29. The van der Waals surface area contributed by atoms with Crippen LogP contribution >= 0.6 is 23.2 Å². The van der Waals surface area contributed by atoms with E-state index in [2.05, 4.69) is 30.7 Å². The van der Waals surface area contributed by atoms with Crippen molar-refractivity contribution in [3.05, 3.63) is 40.3 Å². The number of hydrogen-bond acceptors (Lipinski definition) is 7. The molecule has 1 aromatic carbocycles. The molecule has 2 heterocycles. The normalized spacial score (nSPS) is 10.6. The molecule has 0 fully saturated rings. The highest BCUT2D eigenvalue weighted by molar-refractivity contribution is 6.33. The van der Waals surface area contributed by atoms with Crippen molar-refractivity contribution in [3.63, 3.8) is 0 Å². The van der Waals surface area contributed by atoms with Crippen molar-refractivity contribution in [3.8, 4) is 11.5 Å². The fourth-order valence-corrected chi connectivity index (χ4v) is 2.30. The van der Waals surface area contributed by atoms with Gasteiger partial charge in [-0.3, -0.25) is 0 Å². The second-order valence-corrected chi connectivity index (χ2v) is 5.42. The Hall–Kier alpha value is -2.38. The molecule has 0 saturated heterocycles. The monoisotopic (exact) mass is 350 g/mol. The van der Waals surface area contributed by atoms with Gasteiger partial charge in [0.05, 0.1) is 16.9 Å². The Bertz CT molecular complexity index is 851. The summed E-state index contributed by atoms with van der Waals surface area (Å²) in [5.74, 6) is 1.88. The molecule has 0 bridgehead atoms. The first-order valence-corrected chi connectivity index (χ1v) is 7.40. The van der Waals surface area contributed by atoms with E-state index in [4.69, 9.17) is 27.7 Å². The third-order valence-corrected chi connectivity index (χ3v) is 3.56. The minimum atomic E-state index is 0.377. The average molecular weight is 351 g/mol. The van der Waals surface area contributed by atoms with Crippen molar-refractivity contribution < 1.29 is 4.52 Å². The Balaban J connectivity index is 1.86. The second-order valence-electron chi connectivity index (χ2n) is 4.61. The van der Waals surface area contributed by atoms with Gasteiger partial charge in [-0.1, -0.05) is 28.4 Å². The lowest BCUT2D eigenvalue weighted by molar-refractivity contribution is 0.425. The summed E-state index contributed by atoms with van der Waals surface area (Å²) in [6.45, 7) is 1.75. The molecule has 0 unspecified atom stereocenters. The van der Waals surface area contributed by atoms with E-state index >= 15 is 0 Å². The van der Waals surface area contributed by atoms with E-state index in [1.807, 2.05) is 6.07 Å². The van der Waals surface area contributed by atoms with Crippen molar-refractivity contribution in [2.24, 2.45) is 0 Å². The van der Waals surface area contributed by atoms with Crippen LogP contribution < -0.4 is 10.6 Å². The molecule has 23 heavy (non-hydrogen) atoms. The number of benzene rings is 1. The van der Waals surface area contributed by atoms with Crippen molar-refractivity contribution in [1.29, 1.82) is 0 Å². The number of anilines is 3. The SMILES string of the molecule is CNc1nc(Nc2ccc(-c3nc(C)no3)cc2Cl)ncc1Cl. The van der Waals surface area contributed by atoms with Crippen LogP contribution in [-0.2, 0) is 0 Å². The van der Waals surface area contributed by atoms with Gasteiger partial charge < -0.3 is 15.2 Å². The van der Waals surface area contributed by atoms with Gasteiger partial charge in [0.1, 0.15) is 10.8 Å². The summed E-state index contributed by atoms with van der Waals surface area (Å²) in [5, 5.41) is 10.6. The molecule has 0 amide bonds.